The summed E-state index contributed by atoms with van der Waals surface area (Å²) in [5, 5.41) is 1.72. The van der Waals surface area contributed by atoms with E-state index in [9.17, 15) is 31.1 Å². The molecule has 0 atom stereocenters. The van der Waals surface area contributed by atoms with Crippen molar-refractivity contribution >= 4 is 5.91 Å². The van der Waals surface area contributed by atoms with Gasteiger partial charge < -0.3 is 14.8 Å². The third kappa shape index (κ3) is 7.93. The molecule has 0 aliphatic heterocycles. The number of carbonyl (C=O) groups excluding carboxylic acids is 1. The first kappa shape index (κ1) is 19.9. The Hall–Kier alpha value is -2.13. The van der Waals surface area contributed by atoms with Crippen LogP contribution < -0.4 is 14.8 Å². The fourth-order valence-electron chi connectivity index (χ4n) is 1.69. The third-order valence-electron chi connectivity index (χ3n) is 2.75. The Morgan fingerprint density at radius 3 is 2.29 bits per heavy atom. The highest BCUT2D eigenvalue weighted by molar-refractivity contribution is 5.76. The molecule has 1 rings (SSSR count). The molecular weight excluding hydrogens is 344 g/mol. The molecule has 0 spiro atoms. The van der Waals surface area contributed by atoms with Gasteiger partial charge in [-0.15, -0.1) is 0 Å². The lowest BCUT2D eigenvalue weighted by atomic mass is 10.1. The van der Waals surface area contributed by atoms with Gasteiger partial charge in [0.1, 0.15) is 6.54 Å². The molecular formula is C14H15F6NO3. The lowest BCUT2D eigenvalue weighted by Crippen LogP contribution is -2.33. The summed E-state index contributed by atoms with van der Waals surface area (Å²) in [7, 11) is 1.23. The topological polar surface area (TPSA) is 47.6 Å². The lowest BCUT2D eigenvalue weighted by Gasteiger charge is -2.13. The van der Waals surface area contributed by atoms with Crippen LogP contribution in [-0.2, 0) is 11.2 Å². The molecule has 1 aromatic carbocycles. The molecule has 1 aromatic rings. The zero-order chi connectivity index (χ0) is 18.4. The smallest absolute Gasteiger partial charge is 0.422 e. The molecule has 0 bridgehead atoms. The molecule has 0 aromatic heterocycles. The fourth-order valence-corrected chi connectivity index (χ4v) is 1.69. The summed E-state index contributed by atoms with van der Waals surface area (Å²) in [6, 6.07) is 4.02. The average Bonchev–Trinajstić information content (AvgIpc) is 2.47. The minimum Gasteiger partial charge on any atom is -0.493 e. The number of nitrogens with one attached hydrogen (secondary N) is 1. The Bertz CT molecular complexity index is 556. The zero-order valence-electron chi connectivity index (χ0n) is 12.6. The number of aryl methyl sites for hydroxylation is 1. The third-order valence-corrected chi connectivity index (χ3v) is 2.75. The quantitative estimate of drug-likeness (QED) is 0.761. The molecule has 0 saturated heterocycles. The van der Waals surface area contributed by atoms with Crippen LogP contribution in [0.5, 0.6) is 11.5 Å². The number of ether oxygens (including phenoxy) is 2. The van der Waals surface area contributed by atoms with Crippen LogP contribution in [0.4, 0.5) is 26.3 Å². The Morgan fingerprint density at radius 2 is 1.75 bits per heavy atom. The number of rotatable bonds is 7. The summed E-state index contributed by atoms with van der Waals surface area (Å²) >= 11 is 0. The van der Waals surface area contributed by atoms with Crippen LogP contribution in [0.3, 0.4) is 0 Å². The van der Waals surface area contributed by atoms with Gasteiger partial charge in [0.15, 0.2) is 18.1 Å². The summed E-state index contributed by atoms with van der Waals surface area (Å²) in [5.41, 5.74) is 0.508. The summed E-state index contributed by atoms with van der Waals surface area (Å²) in [6.07, 6.45) is -9.10. The van der Waals surface area contributed by atoms with Crippen LogP contribution in [0.15, 0.2) is 18.2 Å². The Kier molecular flexibility index (Phi) is 6.73. The second kappa shape index (κ2) is 8.11. The van der Waals surface area contributed by atoms with Gasteiger partial charge in [-0.05, 0) is 24.1 Å². The normalized spacial score (nSPS) is 12.0. The Morgan fingerprint density at radius 1 is 1.08 bits per heavy atom. The first-order valence-corrected chi connectivity index (χ1v) is 6.70. The van der Waals surface area contributed by atoms with E-state index < -0.39 is 31.4 Å². The maximum atomic E-state index is 12.1. The summed E-state index contributed by atoms with van der Waals surface area (Å²) in [5.74, 6) is -0.878. The van der Waals surface area contributed by atoms with Gasteiger partial charge in [0.05, 0.1) is 7.11 Å². The molecule has 0 fully saturated rings. The molecule has 4 nitrogen and oxygen atoms in total. The molecule has 1 amide bonds. The number of halogens is 6. The predicted molar refractivity (Wildman–Crippen MR) is 71.9 cm³/mol. The number of carbonyl (C=O) groups is 1. The van der Waals surface area contributed by atoms with Gasteiger partial charge in [-0.25, -0.2) is 0 Å². The number of amides is 1. The number of benzene rings is 1. The summed E-state index contributed by atoms with van der Waals surface area (Å²) < 4.78 is 81.8. The van der Waals surface area contributed by atoms with Gasteiger partial charge in [0.2, 0.25) is 5.91 Å². The number of alkyl halides is 6. The molecule has 1 N–H and O–H groups in total. The van der Waals surface area contributed by atoms with Crippen molar-refractivity contribution in [2.75, 3.05) is 20.3 Å². The Balaban J connectivity index is 2.59. The number of hydrogen-bond donors (Lipinski definition) is 1. The van der Waals surface area contributed by atoms with Crippen molar-refractivity contribution in [3.8, 4) is 11.5 Å². The van der Waals surface area contributed by atoms with Crippen LogP contribution in [0.1, 0.15) is 12.0 Å². The van der Waals surface area contributed by atoms with Crippen molar-refractivity contribution in [3.05, 3.63) is 23.8 Å². The standard InChI is InChI=1S/C14H15F6NO3/c1-23-11-6-9(2-4-10(11)24-8-14(18,19)20)3-5-12(22)21-7-13(15,16)17/h2,4,6H,3,5,7-8H2,1H3,(H,21,22). The van der Waals surface area contributed by atoms with Crippen LogP contribution in [0.2, 0.25) is 0 Å². The highest BCUT2D eigenvalue weighted by atomic mass is 19.4. The van der Waals surface area contributed by atoms with Crippen molar-refractivity contribution in [2.24, 2.45) is 0 Å². The van der Waals surface area contributed by atoms with Gasteiger partial charge in [-0.1, -0.05) is 6.07 Å². The van der Waals surface area contributed by atoms with Crippen molar-refractivity contribution in [1.29, 1.82) is 0 Å². The molecule has 136 valence electrons. The summed E-state index contributed by atoms with van der Waals surface area (Å²) in [4.78, 5) is 11.3. The molecule has 0 heterocycles. The maximum Gasteiger partial charge on any atom is 0.422 e. The van der Waals surface area contributed by atoms with E-state index in [2.05, 4.69) is 4.74 Å². The van der Waals surface area contributed by atoms with Crippen molar-refractivity contribution in [2.45, 2.75) is 25.2 Å². The molecule has 0 unspecified atom stereocenters. The first-order chi connectivity index (χ1) is 11.0. The van der Waals surface area contributed by atoms with Gasteiger partial charge in [0.25, 0.3) is 0 Å². The van der Waals surface area contributed by atoms with Gasteiger partial charge in [-0.2, -0.15) is 26.3 Å². The maximum absolute atomic E-state index is 12.1. The van der Waals surface area contributed by atoms with E-state index in [1.807, 2.05) is 0 Å². The minimum absolute atomic E-state index is 0.0347. The minimum atomic E-state index is -4.50. The predicted octanol–water partition coefficient (Wildman–Crippen LogP) is 3.25. The fraction of sp³-hybridized carbons (Fsp3) is 0.500. The van der Waals surface area contributed by atoms with Gasteiger partial charge in [-0.3, -0.25) is 4.79 Å². The molecule has 0 radical (unpaired) electrons. The largest absolute Gasteiger partial charge is 0.493 e. The number of hydrogen-bond acceptors (Lipinski definition) is 3. The van der Waals surface area contributed by atoms with E-state index in [0.717, 1.165) is 0 Å². The van der Waals surface area contributed by atoms with E-state index in [1.54, 1.807) is 5.32 Å². The molecule has 0 saturated carbocycles. The SMILES string of the molecule is COc1cc(CCC(=O)NCC(F)(F)F)ccc1OCC(F)(F)F. The van der Waals surface area contributed by atoms with E-state index in [1.165, 1.54) is 25.3 Å². The van der Waals surface area contributed by atoms with Crippen LogP contribution >= 0.6 is 0 Å². The van der Waals surface area contributed by atoms with Crippen molar-refractivity contribution < 1.29 is 40.6 Å². The first-order valence-electron chi connectivity index (χ1n) is 6.70. The van der Waals surface area contributed by atoms with Crippen LogP contribution in [0.25, 0.3) is 0 Å². The molecule has 0 aliphatic rings. The lowest BCUT2D eigenvalue weighted by molar-refractivity contribution is -0.153. The van der Waals surface area contributed by atoms with Gasteiger partial charge >= 0.3 is 12.4 Å². The second-order valence-corrected chi connectivity index (χ2v) is 4.78. The van der Waals surface area contributed by atoms with Crippen molar-refractivity contribution in [3.63, 3.8) is 0 Å². The Labute approximate surface area is 133 Å². The average molecular weight is 359 g/mol. The molecule has 10 heteroatoms. The summed E-state index contributed by atoms with van der Waals surface area (Å²) in [6.45, 7) is -2.90. The van der Waals surface area contributed by atoms with E-state index in [-0.39, 0.29) is 24.3 Å². The highest BCUT2D eigenvalue weighted by Crippen LogP contribution is 2.30. The monoisotopic (exact) mass is 359 g/mol. The van der Waals surface area contributed by atoms with E-state index >= 15 is 0 Å². The van der Waals surface area contributed by atoms with Gasteiger partial charge in [0, 0.05) is 6.42 Å². The van der Waals surface area contributed by atoms with Crippen molar-refractivity contribution in [1.82, 2.24) is 5.32 Å². The van der Waals surface area contributed by atoms with Crippen LogP contribution in [-0.4, -0.2) is 38.5 Å². The number of methoxy groups -OCH3 is 1. The molecule has 0 aliphatic carbocycles. The highest BCUT2D eigenvalue weighted by Gasteiger charge is 2.29. The van der Waals surface area contributed by atoms with E-state index in [4.69, 9.17) is 4.74 Å². The molecule has 24 heavy (non-hydrogen) atoms. The second-order valence-electron chi connectivity index (χ2n) is 4.78. The van der Waals surface area contributed by atoms with E-state index in [0.29, 0.717) is 5.56 Å². The zero-order valence-corrected chi connectivity index (χ0v) is 12.6. The van der Waals surface area contributed by atoms with Crippen LogP contribution in [0, 0.1) is 0 Å².